The van der Waals surface area contributed by atoms with Gasteiger partial charge in [0.05, 0.1) is 5.92 Å². The molecule has 0 bridgehead atoms. The van der Waals surface area contributed by atoms with Gasteiger partial charge < -0.3 is 5.11 Å². The molecule has 0 heterocycles. The fourth-order valence-corrected chi connectivity index (χ4v) is 1.82. The molecule has 0 aliphatic heterocycles. The van der Waals surface area contributed by atoms with Gasteiger partial charge in [-0.2, -0.15) is 0 Å². The van der Waals surface area contributed by atoms with E-state index in [1.807, 2.05) is 30.3 Å². The third-order valence-electron chi connectivity index (χ3n) is 2.88. The molecule has 3 heteroatoms. The van der Waals surface area contributed by atoms with Gasteiger partial charge in [-0.05, 0) is 29.8 Å². The highest BCUT2D eigenvalue weighted by molar-refractivity contribution is 5.76. The van der Waals surface area contributed by atoms with E-state index in [4.69, 9.17) is 0 Å². The largest absolute Gasteiger partial charge is 0.481 e. The number of carbonyl (C=O) groups is 1. The van der Waals surface area contributed by atoms with E-state index >= 15 is 0 Å². The molecule has 0 aliphatic rings. The second kappa shape index (κ2) is 6.53. The molecule has 2 rings (SSSR count). The summed E-state index contributed by atoms with van der Waals surface area (Å²) in [4.78, 5) is 11.3. The van der Waals surface area contributed by atoms with Crippen molar-refractivity contribution in [1.82, 2.24) is 0 Å². The van der Waals surface area contributed by atoms with Crippen LogP contribution in [0.4, 0.5) is 4.39 Å². The normalized spacial score (nSPS) is 11.2. The lowest BCUT2D eigenvalue weighted by Gasteiger charge is -2.08. The molecule has 2 aromatic carbocycles. The maximum atomic E-state index is 12.8. The van der Waals surface area contributed by atoms with Crippen molar-refractivity contribution >= 4 is 5.97 Å². The molecule has 1 N–H and O–H groups in total. The summed E-state index contributed by atoms with van der Waals surface area (Å²) in [5.41, 5.74) is 1.40. The van der Waals surface area contributed by atoms with E-state index in [2.05, 4.69) is 11.8 Å². The third kappa shape index (κ3) is 3.69. The molecule has 0 spiro atoms. The molecule has 20 heavy (non-hydrogen) atoms. The van der Waals surface area contributed by atoms with Crippen LogP contribution >= 0.6 is 0 Å². The van der Waals surface area contributed by atoms with Crippen molar-refractivity contribution in [3.63, 3.8) is 0 Å². The zero-order chi connectivity index (χ0) is 14.4. The molecule has 0 fully saturated rings. The average Bonchev–Trinajstić information content (AvgIpc) is 2.46. The molecule has 0 amide bonds. The number of rotatable bonds is 3. The summed E-state index contributed by atoms with van der Waals surface area (Å²) in [6.45, 7) is 0. The van der Waals surface area contributed by atoms with Crippen molar-refractivity contribution < 1.29 is 14.3 Å². The van der Waals surface area contributed by atoms with Crippen LogP contribution in [0.2, 0.25) is 0 Å². The Hall–Kier alpha value is -2.60. The highest BCUT2D eigenvalue weighted by Crippen LogP contribution is 2.20. The zero-order valence-electron chi connectivity index (χ0n) is 10.7. The Morgan fingerprint density at radius 2 is 1.75 bits per heavy atom. The van der Waals surface area contributed by atoms with E-state index in [0.29, 0.717) is 5.56 Å². The number of halogens is 1. The quantitative estimate of drug-likeness (QED) is 0.866. The van der Waals surface area contributed by atoms with Gasteiger partial charge in [-0.3, -0.25) is 4.79 Å². The van der Waals surface area contributed by atoms with Crippen LogP contribution in [0.3, 0.4) is 0 Å². The van der Waals surface area contributed by atoms with Crippen molar-refractivity contribution in [2.24, 2.45) is 0 Å². The first-order valence-corrected chi connectivity index (χ1v) is 6.19. The highest BCUT2D eigenvalue weighted by Gasteiger charge is 2.18. The van der Waals surface area contributed by atoms with Crippen molar-refractivity contribution in [2.75, 3.05) is 0 Å². The fourth-order valence-electron chi connectivity index (χ4n) is 1.82. The number of aliphatic carboxylic acids is 1. The molecule has 100 valence electrons. The summed E-state index contributed by atoms with van der Waals surface area (Å²) in [5, 5.41) is 9.23. The first-order chi connectivity index (χ1) is 9.66. The second-order valence-corrected chi connectivity index (χ2v) is 4.31. The number of carboxylic acids is 1. The molecule has 2 nitrogen and oxygen atoms in total. The molecule has 0 radical (unpaired) electrons. The van der Waals surface area contributed by atoms with Gasteiger partial charge >= 0.3 is 5.97 Å². The molecule has 0 aliphatic carbocycles. The summed E-state index contributed by atoms with van der Waals surface area (Å²) >= 11 is 0. The zero-order valence-corrected chi connectivity index (χ0v) is 10.7. The summed E-state index contributed by atoms with van der Waals surface area (Å²) in [6.07, 6.45) is 0.190. The van der Waals surface area contributed by atoms with Gasteiger partial charge in [-0.25, -0.2) is 4.39 Å². The van der Waals surface area contributed by atoms with Crippen LogP contribution in [0.1, 0.15) is 23.5 Å². The Labute approximate surface area is 116 Å². The Bertz CT molecular complexity index is 636. The topological polar surface area (TPSA) is 37.3 Å². The van der Waals surface area contributed by atoms with Crippen LogP contribution in [-0.2, 0) is 4.79 Å². The lowest BCUT2D eigenvalue weighted by Crippen LogP contribution is -2.10. The van der Waals surface area contributed by atoms with E-state index < -0.39 is 11.9 Å². The lowest BCUT2D eigenvalue weighted by molar-refractivity contribution is -0.138. The molecule has 0 aromatic heterocycles. The monoisotopic (exact) mass is 268 g/mol. The van der Waals surface area contributed by atoms with E-state index in [-0.39, 0.29) is 12.2 Å². The van der Waals surface area contributed by atoms with E-state index in [1.165, 1.54) is 24.3 Å². The Morgan fingerprint density at radius 3 is 2.35 bits per heavy atom. The highest BCUT2D eigenvalue weighted by atomic mass is 19.1. The first kappa shape index (κ1) is 13.8. The van der Waals surface area contributed by atoms with E-state index in [1.54, 1.807) is 0 Å². The molecule has 1 unspecified atom stereocenters. The van der Waals surface area contributed by atoms with Crippen LogP contribution < -0.4 is 0 Å². The molecule has 0 saturated heterocycles. The SMILES string of the molecule is O=C(O)C(CC#Cc1ccccc1)c1ccc(F)cc1. The first-order valence-electron chi connectivity index (χ1n) is 6.19. The van der Waals surface area contributed by atoms with Crippen LogP contribution in [0, 0.1) is 17.7 Å². The second-order valence-electron chi connectivity index (χ2n) is 4.31. The molecule has 0 saturated carbocycles. The smallest absolute Gasteiger partial charge is 0.311 e. The van der Waals surface area contributed by atoms with Crippen molar-refractivity contribution in [1.29, 1.82) is 0 Å². The van der Waals surface area contributed by atoms with Gasteiger partial charge in [-0.1, -0.05) is 42.2 Å². The van der Waals surface area contributed by atoms with Gasteiger partial charge in [0.1, 0.15) is 5.82 Å². The predicted octanol–water partition coefficient (Wildman–Crippen LogP) is 3.44. The van der Waals surface area contributed by atoms with Gasteiger partial charge in [0.15, 0.2) is 0 Å². The number of hydrogen-bond acceptors (Lipinski definition) is 1. The Morgan fingerprint density at radius 1 is 1.10 bits per heavy atom. The number of benzene rings is 2. The minimum absolute atomic E-state index is 0.190. The summed E-state index contributed by atoms with van der Waals surface area (Å²) < 4.78 is 12.8. The van der Waals surface area contributed by atoms with Gasteiger partial charge in [-0.15, -0.1) is 0 Å². The van der Waals surface area contributed by atoms with Gasteiger partial charge in [0, 0.05) is 12.0 Å². The molecule has 1 atom stereocenters. The van der Waals surface area contributed by atoms with Crippen LogP contribution in [0.15, 0.2) is 54.6 Å². The van der Waals surface area contributed by atoms with Crippen LogP contribution in [0.5, 0.6) is 0 Å². The fraction of sp³-hybridized carbons (Fsp3) is 0.118. The van der Waals surface area contributed by atoms with Crippen molar-refractivity contribution in [2.45, 2.75) is 12.3 Å². The summed E-state index contributed by atoms with van der Waals surface area (Å²) in [7, 11) is 0. The third-order valence-corrected chi connectivity index (χ3v) is 2.88. The van der Waals surface area contributed by atoms with Crippen molar-refractivity contribution in [3.8, 4) is 11.8 Å². The van der Waals surface area contributed by atoms with Gasteiger partial charge in [0.2, 0.25) is 0 Å². The van der Waals surface area contributed by atoms with E-state index in [0.717, 1.165) is 5.56 Å². The predicted molar refractivity (Wildman–Crippen MR) is 74.7 cm³/mol. The van der Waals surface area contributed by atoms with Gasteiger partial charge in [0.25, 0.3) is 0 Å². The summed E-state index contributed by atoms with van der Waals surface area (Å²) in [6, 6.07) is 14.9. The Balaban J connectivity index is 2.13. The van der Waals surface area contributed by atoms with E-state index in [9.17, 15) is 14.3 Å². The standard InChI is InChI=1S/C17H13FO2/c18-15-11-9-14(10-12-15)16(17(19)20)8-4-7-13-5-2-1-3-6-13/h1-3,5-6,9-12,16H,8H2,(H,19,20). The minimum atomic E-state index is -0.959. The number of carboxylic acid groups (broad SMARTS) is 1. The molecular weight excluding hydrogens is 255 g/mol. The molecule has 2 aromatic rings. The average molecular weight is 268 g/mol. The Kier molecular flexibility index (Phi) is 4.52. The van der Waals surface area contributed by atoms with Crippen molar-refractivity contribution in [3.05, 3.63) is 71.5 Å². The number of hydrogen-bond donors (Lipinski definition) is 1. The van der Waals surface area contributed by atoms with Crippen LogP contribution in [0.25, 0.3) is 0 Å². The molecular formula is C17H13FO2. The summed E-state index contributed by atoms with van der Waals surface area (Å²) in [5.74, 6) is 3.71. The maximum Gasteiger partial charge on any atom is 0.311 e. The van der Waals surface area contributed by atoms with Crippen LogP contribution in [-0.4, -0.2) is 11.1 Å². The lowest BCUT2D eigenvalue weighted by atomic mass is 9.96. The minimum Gasteiger partial charge on any atom is -0.481 e. The maximum absolute atomic E-state index is 12.8.